The Kier molecular flexibility index (Phi) is 8.65. The Labute approximate surface area is 217 Å². The van der Waals surface area contributed by atoms with Crippen LogP contribution in [-0.4, -0.2) is 49.8 Å². The summed E-state index contributed by atoms with van der Waals surface area (Å²) in [7, 11) is 2.04. The first kappa shape index (κ1) is 27.7. The summed E-state index contributed by atoms with van der Waals surface area (Å²) < 4.78 is 0. The van der Waals surface area contributed by atoms with Crippen molar-refractivity contribution in [3.8, 4) is 5.75 Å². The maximum Gasteiger partial charge on any atom is 0.324 e. The summed E-state index contributed by atoms with van der Waals surface area (Å²) in [6.07, 6.45) is 0.872. The molecule has 2 atom stereocenters. The van der Waals surface area contributed by atoms with E-state index in [-0.39, 0.29) is 18.0 Å². The van der Waals surface area contributed by atoms with Crippen LogP contribution in [0.2, 0.25) is 0 Å². The number of hydrogen-bond donors (Lipinski definition) is 1. The highest BCUT2D eigenvalue weighted by Gasteiger charge is 2.40. The lowest BCUT2D eigenvalue weighted by molar-refractivity contribution is -0.404. The van der Waals surface area contributed by atoms with Gasteiger partial charge in [-0.3, -0.25) is 40.0 Å². The number of nitrogens with zero attached hydrogens (tertiary/aromatic N) is 5. The number of nitro groups is 3. The van der Waals surface area contributed by atoms with Crippen molar-refractivity contribution in [3.63, 3.8) is 0 Å². The van der Waals surface area contributed by atoms with Gasteiger partial charge in [-0.05, 0) is 38.1 Å². The Morgan fingerprint density at radius 2 is 1.39 bits per heavy atom. The second-order valence-electron chi connectivity index (χ2n) is 8.65. The van der Waals surface area contributed by atoms with Crippen LogP contribution in [0.25, 0.3) is 0 Å². The van der Waals surface area contributed by atoms with Crippen LogP contribution in [0.1, 0.15) is 18.9 Å². The van der Waals surface area contributed by atoms with Gasteiger partial charge in [-0.2, -0.15) is 0 Å². The molecule has 38 heavy (non-hydrogen) atoms. The first-order valence-corrected chi connectivity index (χ1v) is 11.4. The van der Waals surface area contributed by atoms with Gasteiger partial charge in [0.05, 0.1) is 32.9 Å². The molecule has 1 saturated heterocycles. The lowest BCUT2D eigenvalue weighted by atomic mass is 10.1. The fourth-order valence-corrected chi connectivity index (χ4v) is 4.20. The van der Waals surface area contributed by atoms with Gasteiger partial charge in [0.15, 0.2) is 0 Å². The lowest BCUT2D eigenvalue weighted by Gasteiger charge is -2.24. The van der Waals surface area contributed by atoms with Gasteiger partial charge in [-0.15, -0.1) is 0 Å². The zero-order valence-corrected chi connectivity index (χ0v) is 20.5. The number of hydrogen-bond acceptors (Lipinski definition) is 9. The van der Waals surface area contributed by atoms with Gasteiger partial charge in [0.25, 0.3) is 11.4 Å². The van der Waals surface area contributed by atoms with Crippen LogP contribution in [-0.2, 0) is 11.3 Å². The molecule has 4 rings (SSSR count). The molecule has 0 saturated carbocycles. The molecule has 1 N–H and O–H groups in total. The maximum absolute atomic E-state index is 12.8. The minimum absolute atomic E-state index is 0.0459. The van der Waals surface area contributed by atoms with Crippen molar-refractivity contribution in [2.24, 2.45) is 0 Å². The Morgan fingerprint density at radius 1 is 0.895 bits per heavy atom. The molecule has 1 heterocycles. The molecular formula is C25H25N5O8. The number of phenols is 1. The largest absolute Gasteiger partial charge is 0.497 e. The van der Waals surface area contributed by atoms with Crippen molar-refractivity contribution in [2.45, 2.75) is 32.0 Å². The van der Waals surface area contributed by atoms with E-state index in [2.05, 4.69) is 24.0 Å². The molecule has 3 aromatic rings. The third kappa shape index (κ3) is 6.25. The summed E-state index contributed by atoms with van der Waals surface area (Å²) in [4.78, 5) is 44.7. The Morgan fingerprint density at radius 3 is 1.87 bits per heavy atom. The molecule has 3 aromatic carbocycles. The normalized spacial score (nSPS) is 16.6. The van der Waals surface area contributed by atoms with E-state index in [1.165, 1.54) is 5.56 Å². The average Bonchev–Trinajstić information content (AvgIpc) is 3.19. The number of benzene rings is 3. The summed E-state index contributed by atoms with van der Waals surface area (Å²) in [6, 6.07) is 21.4. The first-order valence-electron chi connectivity index (χ1n) is 11.4. The van der Waals surface area contributed by atoms with Crippen LogP contribution >= 0.6 is 0 Å². The standard InChI is InChI=1S/C19H22N2O.C6H3N3O7/c1-15-13-18(20(2)14-16-9-5-3-6-10-16)19(22)21(15)17-11-7-4-8-12-17;10-6-4(8(13)14)1-3(7(11)12)2-5(6)9(15)16/h3-12,15,18H,13-14H2,1-2H3;1-2,10H. The minimum Gasteiger partial charge on any atom is -0.497 e. The number of anilines is 1. The predicted molar refractivity (Wildman–Crippen MR) is 138 cm³/mol. The Balaban J connectivity index is 0.000000223. The minimum atomic E-state index is -1.21. The van der Waals surface area contributed by atoms with Crippen molar-refractivity contribution in [1.29, 1.82) is 0 Å². The number of aromatic hydroxyl groups is 1. The molecule has 13 nitrogen and oxygen atoms in total. The summed E-state index contributed by atoms with van der Waals surface area (Å²) in [5.41, 5.74) is -0.766. The SMILES string of the molecule is CC1CC(N(C)Cc2ccccc2)C(=O)N1c1ccccc1.O=[N+]([O-])c1cc([N+](=O)[O-])c(O)c([N+](=O)[O-])c1. The molecule has 1 amide bonds. The molecule has 0 aromatic heterocycles. The van der Waals surface area contributed by atoms with Crippen LogP contribution in [0.15, 0.2) is 72.8 Å². The number of phenolic OH excluding ortho intramolecular Hbond substituents is 1. The summed E-state index contributed by atoms with van der Waals surface area (Å²) in [6.45, 7) is 2.92. The van der Waals surface area contributed by atoms with E-state index in [0.717, 1.165) is 18.7 Å². The fraction of sp³-hybridized carbons (Fsp3) is 0.240. The van der Waals surface area contributed by atoms with E-state index >= 15 is 0 Å². The zero-order chi connectivity index (χ0) is 28.0. The van der Waals surface area contributed by atoms with Crippen molar-refractivity contribution >= 4 is 28.7 Å². The number of amides is 1. The molecule has 0 aliphatic carbocycles. The van der Waals surface area contributed by atoms with Gasteiger partial charge >= 0.3 is 11.4 Å². The topological polar surface area (TPSA) is 173 Å². The number of carbonyl (C=O) groups excluding carboxylic acids is 1. The molecule has 2 unspecified atom stereocenters. The number of likely N-dealkylation sites (N-methyl/N-ethyl adjacent to an activating group) is 1. The molecular weight excluding hydrogens is 498 g/mol. The number of carbonyl (C=O) groups is 1. The van der Waals surface area contributed by atoms with Crippen molar-refractivity contribution < 1.29 is 24.7 Å². The second-order valence-corrected chi connectivity index (χ2v) is 8.65. The number of non-ortho nitro benzene ring substituents is 1. The number of rotatable bonds is 7. The molecule has 1 aliphatic heterocycles. The van der Waals surface area contributed by atoms with Crippen molar-refractivity contribution in [1.82, 2.24) is 4.90 Å². The highest BCUT2D eigenvalue weighted by Crippen LogP contribution is 2.39. The molecule has 13 heteroatoms. The van der Waals surface area contributed by atoms with E-state index in [9.17, 15) is 35.1 Å². The van der Waals surface area contributed by atoms with E-state index in [1.54, 1.807) is 0 Å². The van der Waals surface area contributed by atoms with E-state index in [0.29, 0.717) is 12.1 Å². The Hall–Kier alpha value is -4.91. The van der Waals surface area contributed by atoms with Crippen molar-refractivity contribution in [2.75, 3.05) is 11.9 Å². The monoisotopic (exact) mass is 523 g/mol. The first-order chi connectivity index (χ1) is 18.0. The average molecular weight is 524 g/mol. The van der Waals surface area contributed by atoms with Crippen LogP contribution < -0.4 is 4.90 Å². The number of para-hydroxylation sites is 1. The lowest BCUT2D eigenvalue weighted by Crippen LogP contribution is -2.39. The van der Waals surface area contributed by atoms with E-state index in [4.69, 9.17) is 5.11 Å². The summed E-state index contributed by atoms with van der Waals surface area (Å²) in [5, 5.41) is 40.2. The van der Waals surface area contributed by atoms with Gasteiger partial charge in [0.2, 0.25) is 5.91 Å². The Bertz CT molecular complexity index is 1300. The molecule has 198 valence electrons. The van der Waals surface area contributed by atoms with Crippen LogP contribution in [0.3, 0.4) is 0 Å². The van der Waals surface area contributed by atoms with Gasteiger partial charge < -0.3 is 10.0 Å². The van der Waals surface area contributed by atoms with Gasteiger partial charge in [-0.25, -0.2) is 0 Å². The maximum atomic E-state index is 12.8. The highest BCUT2D eigenvalue weighted by molar-refractivity contribution is 6.00. The molecule has 1 aliphatic rings. The molecule has 1 fully saturated rings. The third-order valence-corrected chi connectivity index (χ3v) is 6.03. The van der Waals surface area contributed by atoms with Gasteiger partial charge in [0.1, 0.15) is 0 Å². The summed E-state index contributed by atoms with van der Waals surface area (Å²) >= 11 is 0. The van der Waals surface area contributed by atoms with Crippen LogP contribution in [0.4, 0.5) is 22.7 Å². The van der Waals surface area contributed by atoms with Crippen LogP contribution in [0.5, 0.6) is 5.75 Å². The van der Waals surface area contributed by atoms with E-state index in [1.807, 2.05) is 60.5 Å². The number of nitro benzene ring substituents is 3. The van der Waals surface area contributed by atoms with Crippen molar-refractivity contribution in [3.05, 3.63) is 109 Å². The second kappa shape index (κ2) is 11.9. The fourth-order valence-electron chi connectivity index (χ4n) is 4.20. The quantitative estimate of drug-likeness (QED) is 0.347. The highest BCUT2D eigenvalue weighted by atomic mass is 16.6. The van der Waals surface area contributed by atoms with Gasteiger partial charge in [0, 0.05) is 18.3 Å². The zero-order valence-electron chi connectivity index (χ0n) is 20.5. The third-order valence-electron chi connectivity index (χ3n) is 6.03. The molecule has 0 radical (unpaired) electrons. The van der Waals surface area contributed by atoms with Gasteiger partial charge in [-0.1, -0.05) is 48.5 Å². The molecule has 0 spiro atoms. The summed E-state index contributed by atoms with van der Waals surface area (Å²) in [5.74, 6) is -1.00. The van der Waals surface area contributed by atoms with Crippen LogP contribution in [0, 0.1) is 30.3 Å². The molecule has 0 bridgehead atoms. The predicted octanol–water partition coefficient (Wildman–Crippen LogP) is 4.43. The smallest absolute Gasteiger partial charge is 0.324 e. The van der Waals surface area contributed by atoms with E-state index < -0.39 is 37.6 Å².